The van der Waals surface area contributed by atoms with Gasteiger partial charge in [0.05, 0.1) is 0 Å². The zero-order valence-electron chi connectivity index (χ0n) is 6.10. The number of benzene rings is 1. The largest absolute Gasteiger partial charge is 0.573 e. The minimum absolute atomic E-state index is 0.466. The van der Waals surface area contributed by atoms with Gasteiger partial charge in [-0.1, -0.05) is 0 Å². The Bertz CT molecular complexity index is 308. The third-order valence-electron chi connectivity index (χ3n) is 1.14. The number of hydrogen-bond donors (Lipinski definition) is 1. The van der Waals surface area contributed by atoms with Crippen LogP contribution in [0.15, 0.2) is 18.2 Å². The van der Waals surface area contributed by atoms with Crippen molar-refractivity contribution in [2.45, 2.75) is 6.36 Å². The Hall–Kier alpha value is -1.46. The normalized spacial score (nSPS) is 11.4. The van der Waals surface area contributed by atoms with Crippen LogP contribution in [0.2, 0.25) is 0 Å². The second-order valence-corrected chi connectivity index (χ2v) is 2.16. The Morgan fingerprint density at radius 3 is 2.31 bits per heavy atom. The maximum absolute atomic E-state index is 12.6. The molecule has 1 aromatic carbocycles. The lowest BCUT2D eigenvalue weighted by atomic mass is 10.3. The SMILES string of the molecule is Oc1ccc(OC(F)(F)F)c(F)c1. The molecule has 0 heterocycles. The second-order valence-electron chi connectivity index (χ2n) is 2.16. The zero-order chi connectivity index (χ0) is 10.1. The fourth-order valence-electron chi connectivity index (χ4n) is 0.697. The highest BCUT2D eigenvalue weighted by molar-refractivity contribution is 5.32. The lowest BCUT2D eigenvalue weighted by Crippen LogP contribution is -2.17. The van der Waals surface area contributed by atoms with Gasteiger partial charge >= 0.3 is 6.36 Å². The second kappa shape index (κ2) is 3.12. The van der Waals surface area contributed by atoms with E-state index >= 15 is 0 Å². The number of phenolic OH excluding ortho intramolecular Hbond substituents is 1. The Kier molecular flexibility index (Phi) is 2.31. The van der Waals surface area contributed by atoms with Crippen LogP contribution in [0.3, 0.4) is 0 Å². The van der Waals surface area contributed by atoms with Crippen molar-refractivity contribution in [1.82, 2.24) is 0 Å². The molecule has 0 aliphatic heterocycles. The summed E-state index contributed by atoms with van der Waals surface area (Å²) >= 11 is 0. The summed E-state index contributed by atoms with van der Waals surface area (Å²) in [6, 6.07) is 2.11. The average Bonchev–Trinajstić information content (AvgIpc) is 1.93. The molecule has 1 aromatic rings. The van der Waals surface area contributed by atoms with Crippen molar-refractivity contribution in [2.75, 3.05) is 0 Å². The van der Waals surface area contributed by atoms with Crippen molar-refractivity contribution in [3.63, 3.8) is 0 Å². The van der Waals surface area contributed by atoms with E-state index in [2.05, 4.69) is 4.74 Å². The van der Waals surface area contributed by atoms with Gasteiger partial charge in [0.1, 0.15) is 5.75 Å². The topological polar surface area (TPSA) is 29.5 Å². The highest BCUT2D eigenvalue weighted by atomic mass is 19.4. The predicted octanol–water partition coefficient (Wildman–Crippen LogP) is 2.43. The highest BCUT2D eigenvalue weighted by Crippen LogP contribution is 2.27. The summed E-state index contributed by atoms with van der Waals surface area (Å²) in [6.45, 7) is 0. The van der Waals surface area contributed by atoms with Crippen molar-refractivity contribution in [2.24, 2.45) is 0 Å². The molecule has 0 saturated heterocycles. The number of aromatic hydroxyl groups is 1. The first-order chi connectivity index (χ1) is 5.88. The summed E-state index contributed by atoms with van der Waals surface area (Å²) in [5.74, 6) is -2.70. The van der Waals surface area contributed by atoms with Crippen LogP contribution in [0.5, 0.6) is 11.5 Å². The van der Waals surface area contributed by atoms with E-state index in [0.29, 0.717) is 12.1 Å². The van der Waals surface area contributed by atoms with Crippen LogP contribution in [-0.4, -0.2) is 11.5 Å². The van der Waals surface area contributed by atoms with E-state index in [0.717, 1.165) is 6.07 Å². The molecule has 0 bridgehead atoms. The molecular formula is C7H4F4O2. The maximum atomic E-state index is 12.6. The van der Waals surface area contributed by atoms with Crippen LogP contribution in [0.1, 0.15) is 0 Å². The van der Waals surface area contributed by atoms with Crippen LogP contribution >= 0.6 is 0 Å². The first-order valence-electron chi connectivity index (χ1n) is 3.13. The van der Waals surface area contributed by atoms with Gasteiger partial charge in [-0.05, 0) is 12.1 Å². The van der Waals surface area contributed by atoms with Crippen molar-refractivity contribution in [3.05, 3.63) is 24.0 Å². The molecule has 0 radical (unpaired) electrons. The Labute approximate surface area is 70.4 Å². The van der Waals surface area contributed by atoms with E-state index in [9.17, 15) is 17.6 Å². The van der Waals surface area contributed by atoms with Crippen molar-refractivity contribution >= 4 is 0 Å². The molecule has 72 valence electrons. The number of phenols is 1. The predicted molar refractivity (Wildman–Crippen MR) is 34.7 cm³/mol. The van der Waals surface area contributed by atoms with E-state index in [4.69, 9.17) is 5.11 Å². The third-order valence-corrected chi connectivity index (χ3v) is 1.14. The fraction of sp³-hybridized carbons (Fsp3) is 0.143. The molecule has 2 nitrogen and oxygen atoms in total. The van der Waals surface area contributed by atoms with Crippen molar-refractivity contribution < 1.29 is 27.4 Å². The van der Waals surface area contributed by atoms with Crippen LogP contribution in [-0.2, 0) is 0 Å². The molecule has 0 aliphatic rings. The molecule has 0 aromatic heterocycles. The van der Waals surface area contributed by atoms with Gasteiger partial charge in [-0.3, -0.25) is 0 Å². The maximum Gasteiger partial charge on any atom is 0.573 e. The molecule has 0 saturated carbocycles. The number of ether oxygens (including phenoxy) is 1. The van der Waals surface area contributed by atoms with E-state index in [1.807, 2.05) is 0 Å². The van der Waals surface area contributed by atoms with Gasteiger partial charge in [0, 0.05) is 6.07 Å². The zero-order valence-corrected chi connectivity index (χ0v) is 6.10. The summed E-state index contributed by atoms with van der Waals surface area (Å²) in [7, 11) is 0. The van der Waals surface area contributed by atoms with Gasteiger partial charge < -0.3 is 9.84 Å². The Morgan fingerprint density at radius 1 is 1.23 bits per heavy atom. The summed E-state index contributed by atoms with van der Waals surface area (Å²) in [5, 5.41) is 8.66. The molecule has 0 amide bonds. The van der Waals surface area contributed by atoms with Crippen LogP contribution in [0, 0.1) is 5.82 Å². The number of halogens is 4. The van der Waals surface area contributed by atoms with Crippen LogP contribution in [0.4, 0.5) is 17.6 Å². The molecule has 1 N–H and O–H groups in total. The summed E-state index contributed by atoms with van der Waals surface area (Å²) in [6.07, 6.45) is -4.93. The van der Waals surface area contributed by atoms with Crippen LogP contribution in [0.25, 0.3) is 0 Å². The van der Waals surface area contributed by atoms with Gasteiger partial charge in [0.15, 0.2) is 11.6 Å². The molecule has 0 aliphatic carbocycles. The van der Waals surface area contributed by atoms with Gasteiger partial charge in [0.2, 0.25) is 0 Å². The molecule has 0 spiro atoms. The Morgan fingerprint density at radius 2 is 1.85 bits per heavy atom. The molecular weight excluding hydrogens is 192 g/mol. The van der Waals surface area contributed by atoms with Gasteiger partial charge in [-0.15, -0.1) is 13.2 Å². The lowest BCUT2D eigenvalue weighted by Gasteiger charge is -2.09. The molecule has 13 heavy (non-hydrogen) atoms. The number of hydrogen-bond acceptors (Lipinski definition) is 2. The van der Waals surface area contributed by atoms with Gasteiger partial charge in [-0.2, -0.15) is 0 Å². The lowest BCUT2D eigenvalue weighted by molar-refractivity contribution is -0.275. The summed E-state index contributed by atoms with van der Waals surface area (Å²) in [5.41, 5.74) is 0. The van der Waals surface area contributed by atoms with E-state index in [1.54, 1.807) is 0 Å². The molecule has 6 heteroatoms. The summed E-state index contributed by atoms with van der Waals surface area (Å²) in [4.78, 5) is 0. The van der Waals surface area contributed by atoms with Crippen molar-refractivity contribution in [1.29, 1.82) is 0 Å². The highest BCUT2D eigenvalue weighted by Gasteiger charge is 2.32. The van der Waals surface area contributed by atoms with Crippen molar-refractivity contribution in [3.8, 4) is 11.5 Å². The van der Waals surface area contributed by atoms with Gasteiger partial charge in [-0.25, -0.2) is 4.39 Å². The minimum Gasteiger partial charge on any atom is -0.508 e. The fourth-order valence-corrected chi connectivity index (χ4v) is 0.697. The quantitative estimate of drug-likeness (QED) is 0.699. The monoisotopic (exact) mass is 196 g/mol. The minimum atomic E-state index is -4.93. The van der Waals surface area contributed by atoms with E-state index < -0.39 is 23.7 Å². The number of alkyl halides is 3. The van der Waals surface area contributed by atoms with E-state index in [1.165, 1.54) is 0 Å². The third kappa shape index (κ3) is 2.81. The first kappa shape index (κ1) is 9.63. The summed E-state index contributed by atoms with van der Waals surface area (Å²) < 4.78 is 50.6. The first-order valence-corrected chi connectivity index (χ1v) is 3.13. The smallest absolute Gasteiger partial charge is 0.508 e. The average molecular weight is 196 g/mol. The molecule has 0 unspecified atom stereocenters. The molecule has 0 fully saturated rings. The van der Waals surface area contributed by atoms with Gasteiger partial charge in [0.25, 0.3) is 0 Å². The molecule has 0 atom stereocenters. The standard InChI is InChI=1S/C7H4F4O2/c8-5-3-4(12)1-2-6(5)13-7(9,10)11/h1-3,12H. The Balaban J connectivity index is 2.90. The molecule has 1 rings (SSSR count). The van der Waals surface area contributed by atoms with E-state index in [-0.39, 0.29) is 0 Å². The number of rotatable bonds is 1. The van der Waals surface area contributed by atoms with Crippen LogP contribution < -0.4 is 4.74 Å².